The molecule has 6 atom stereocenters. The van der Waals surface area contributed by atoms with Gasteiger partial charge in [-0.25, -0.2) is 9.13 Å². The van der Waals surface area contributed by atoms with Gasteiger partial charge in [-0.15, -0.1) is 0 Å². The lowest BCUT2D eigenvalue weighted by Gasteiger charge is -2.21. The second kappa shape index (κ2) is 73.9. The van der Waals surface area contributed by atoms with Crippen LogP contribution in [0.1, 0.15) is 433 Å². The lowest BCUT2D eigenvalue weighted by molar-refractivity contribution is -0.161. The third kappa shape index (κ3) is 73.0. The fraction of sp³-hybridized carbons (Fsp3) is 0.951. The second-order valence-electron chi connectivity index (χ2n) is 29.4. The van der Waals surface area contributed by atoms with Crippen LogP contribution in [0, 0.1) is 5.92 Å². The molecule has 0 radical (unpaired) electrons. The molecule has 0 aliphatic heterocycles. The van der Waals surface area contributed by atoms with Crippen LogP contribution >= 0.6 is 15.6 Å². The SMILES string of the molecule is CCCCCCCCCCCCCCCCCCCCCCC(=O)OC[C@H](COP(=O)(O)OC[C@@H](O)COP(=O)(O)OC[C@@H](COC(=O)CCCCCCCCCC)OC(=O)CCCCCCCCCCC(C)CC)OC(=O)CCCCCCCCCCCCCCCCCCCCCC. The molecule has 0 aromatic carbocycles. The topological polar surface area (TPSA) is 237 Å². The molecule has 3 N–H and O–H groups in total. The summed E-state index contributed by atoms with van der Waals surface area (Å²) in [7, 11) is -9.91. The molecule has 19 heteroatoms. The van der Waals surface area contributed by atoms with Gasteiger partial charge in [0.25, 0.3) is 0 Å². The Hall–Kier alpha value is -1.94. The van der Waals surface area contributed by atoms with Crippen LogP contribution in [-0.4, -0.2) is 96.7 Å². The Kier molecular flexibility index (Phi) is 72.5. The Balaban J connectivity index is 5.18. The Morgan fingerprint density at radius 2 is 0.480 bits per heavy atom. The van der Waals surface area contributed by atoms with Gasteiger partial charge in [0, 0.05) is 25.7 Å². The summed E-state index contributed by atoms with van der Waals surface area (Å²) in [6, 6.07) is 0. The normalized spacial score (nSPS) is 14.1. The van der Waals surface area contributed by atoms with E-state index in [1.165, 1.54) is 250 Å². The average Bonchev–Trinajstić information content (AvgIpc) is 0.930. The minimum atomic E-state index is -4.96. The van der Waals surface area contributed by atoms with E-state index in [0.717, 1.165) is 102 Å². The second-order valence-corrected chi connectivity index (χ2v) is 32.3. The quantitative estimate of drug-likeness (QED) is 0.0222. The minimum absolute atomic E-state index is 0.105. The highest BCUT2D eigenvalue weighted by atomic mass is 31.2. The number of esters is 4. The summed E-state index contributed by atoms with van der Waals surface area (Å²) in [4.78, 5) is 72.9. The van der Waals surface area contributed by atoms with Crippen molar-refractivity contribution >= 4 is 39.5 Å². The van der Waals surface area contributed by atoms with Gasteiger partial charge in [-0.3, -0.25) is 37.3 Å². The molecule has 0 aromatic rings. The Morgan fingerprint density at radius 3 is 0.710 bits per heavy atom. The Labute approximate surface area is 613 Å². The lowest BCUT2D eigenvalue weighted by Crippen LogP contribution is -2.30. The molecule has 0 amide bonds. The molecule has 0 aromatic heterocycles. The molecular weight excluding hydrogens is 1310 g/mol. The summed E-state index contributed by atoms with van der Waals surface area (Å²) in [5.41, 5.74) is 0. The van der Waals surface area contributed by atoms with Crippen molar-refractivity contribution in [1.82, 2.24) is 0 Å². The van der Waals surface area contributed by atoms with Crippen LogP contribution < -0.4 is 0 Å². The van der Waals surface area contributed by atoms with Gasteiger partial charge in [-0.2, -0.15) is 0 Å². The van der Waals surface area contributed by atoms with Crippen molar-refractivity contribution in [3.8, 4) is 0 Å². The first-order valence-corrected chi connectivity index (χ1v) is 45.2. The van der Waals surface area contributed by atoms with Crippen molar-refractivity contribution in [2.45, 2.75) is 451 Å². The van der Waals surface area contributed by atoms with Gasteiger partial charge in [0.2, 0.25) is 0 Å². The number of phosphoric acid groups is 2. The molecule has 0 saturated carbocycles. The number of ether oxygens (including phenoxy) is 4. The van der Waals surface area contributed by atoms with Crippen LogP contribution in [0.25, 0.3) is 0 Å². The summed E-state index contributed by atoms with van der Waals surface area (Å²) in [6.07, 6.45) is 65.5. The third-order valence-corrected chi connectivity index (χ3v) is 21.3. The molecule has 17 nitrogen and oxygen atoms in total. The fourth-order valence-corrected chi connectivity index (χ4v) is 14.1. The van der Waals surface area contributed by atoms with E-state index < -0.39 is 97.5 Å². The highest BCUT2D eigenvalue weighted by Crippen LogP contribution is 2.45. The average molecular weight is 1470 g/mol. The van der Waals surface area contributed by atoms with Crippen molar-refractivity contribution in [3.05, 3.63) is 0 Å². The molecule has 0 fully saturated rings. The highest BCUT2D eigenvalue weighted by molar-refractivity contribution is 7.47. The third-order valence-electron chi connectivity index (χ3n) is 19.4. The van der Waals surface area contributed by atoms with Crippen molar-refractivity contribution in [2.75, 3.05) is 39.6 Å². The maximum atomic E-state index is 13.1. The molecule has 0 bridgehead atoms. The van der Waals surface area contributed by atoms with Crippen LogP contribution in [0.2, 0.25) is 0 Å². The Bertz CT molecular complexity index is 1910. The van der Waals surface area contributed by atoms with Crippen molar-refractivity contribution in [3.63, 3.8) is 0 Å². The number of hydrogen-bond donors (Lipinski definition) is 3. The summed E-state index contributed by atoms with van der Waals surface area (Å²) < 4.78 is 68.6. The zero-order valence-corrected chi connectivity index (χ0v) is 67.1. The number of phosphoric ester groups is 2. The molecular formula is C81H158O17P2. The molecule has 0 rings (SSSR count). The van der Waals surface area contributed by atoms with E-state index in [-0.39, 0.29) is 25.7 Å². The molecule has 0 spiro atoms. The predicted octanol–water partition coefficient (Wildman–Crippen LogP) is 24.4. The number of unbranched alkanes of at least 4 members (excludes halogenated alkanes) is 52. The van der Waals surface area contributed by atoms with Gasteiger partial charge >= 0.3 is 39.5 Å². The van der Waals surface area contributed by atoms with Gasteiger partial charge in [0.15, 0.2) is 12.2 Å². The van der Waals surface area contributed by atoms with Crippen LogP contribution in [-0.2, 0) is 65.4 Å². The molecule has 0 heterocycles. The van der Waals surface area contributed by atoms with Gasteiger partial charge in [0.1, 0.15) is 19.3 Å². The number of rotatable bonds is 81. The monoisotopic (exact) mass is 1470 g/mol. The first kappa shape index (κ1) is 98.1. The molecule has 594 valence electrons. The van der Waals surface area contributed by atoms with Crippen molar-refractivity contribution in [1.29, 1.82) is 0 Å². The standard InChI is InChI=1S/C81H158O17P2/c1-6-10-13-16-19-22-24-26-28-30-32-34-36-38-40-42-44-50-55-60-65-79(84)92-71-77(97-80(85)66-61-56-51-45-43-41-39-37-35-33-31-29-27-25-23-20-17-14-11-7-2)73-96-100(89,90)94-69-75(82)68-93-99(87,88)95-72-76(70-91-78(83)64-59-54-49-21-18-15-12-8-3)98-81(86)67-62-57-52-47-46-48-53-58-63-74(5)9-4/h74-77,82H,6-73H2,1-5H3,(H,87,88)(H,89,90)/t74?,75-,76+,77+/m0/s1. The zero-order valence-electron chi connectivity index (χ0n) is 65.3. The molecule has 0 aliphatic carbocycles. The number of hydrogen-bond acceptors (Lipinski definition) is 15. The van der Waals surface area contributed by atoms with Crippen molar-refractivity contribution < 1.29 is 80.2 Å². The van der Waals surface area contributed by atoms with E-state index in [1.807, 2.05) is 0 Å². The van der Waals surface area contributed by atoms with Crippen LogP contribution in [0.4, 0.5) is 0 Å². The van der Waals surface area contributed by atoms with Crippen LogP contribution in [0.5, 0.6) is 0 Å². The summed E-state index contributed by atoms with van der Waals surface area (Å²) in [6.45, 7) is 7.29. The zero-order chi connectivity index (χ0) is 73.4. The predicted molar refractivity (Wildman–Crippen MR) is 409 cm³/mol. The number of aliphatic hydroxyl groups is 1. The number of carbonyl (C=O) groups excluding carboxylic acids is 4. The summed E-state index contributed by atoms with van der Waals surface area (Å²) >= 11 is 0. The van der Waals surface area contributed by atoms with E-state index in [2.05, 4.69) is 34.6 Å². The molecule has 0 aliphatic rings. The number of aliphatic hydroxyl groups excluding tert-OH is 1. The van der Waals surface area contributed by atoms with E-state index in [4.69, 9.17) is 37.0 Å². The summed E-state index contributed by atoms with van der Waals surface area (Å²) in [5, 5.41) is 10.6. The lowest BCUT2D eigenvalue weighted by atomic mass is 9.99. The van der Waals surface area contributed by atoms with Crippen LogP contribution in [0.15, 0.2) is 0 Å². The molecule has 0 saturated heterocycles. The van der Waals surface area contributed by atoms with E-state index in [0.29, 0.717) is 25.7 Å². The minimum Gasteiger partial charge on any atom is -0.462 e. The van der Waals surface area contributed by atoms with E-state index in [9.17, 15) is 43.2 Å². The smallest absolute Gasteiger partial charge is 0.462 e. The van der Waals surface area contributed by atoms with Gasteiger partial charge < -0.3 is 33.8 Å². The van der Waals surface area contributed by atoms with Crippen molar-refractivity contribution in [2.24, 2.45) is 5.92 Å². The van der Waals surface area contributed by atoms with Gasteiger partial charge in [0.05, 0.1) is 26.4 Å². The van der Waals surface area contributed by atoms with Gasteiger partial charge in [-0.1, -0.05) is 381 Å². The largest absolute Gasteiger partial charge is 0.472 e. The Morgan fingerprint density at radius 1 is 0.280 bits per heavy atom. The fourth-order valence-electron chi connectivity index (χ4n) is 12.6. The first-order chi connectivity index (χ1) is 48.6. The maximum Gasteiger partial charge on any atom is 0.472 e. The van der Waals surface area contributed by atoms with E-state index >= 15 is 0 Å². The van der Waals surface area contributed by atoms with E-state index in [1.54, 1.807) is 0 Å². The highest BCUT2D eigenvalue weighted by Gasteiger charge is 2.30. The van der Waals surface area contributed by atoms with Gasteiger partial charge in [-0.05, 0) is 31.6 Å². The first-order valence-electron chi connectivity index (χ1n) is 42.2. The maximum absolute atomic E-state index is 13.1. The molecule has 3 unspecified atom stereocenters. The van der Waals surface area contributed by atoms with Crippen LogP contribution in [0.3, 0.4) is 0 Å². The summed E-state index contributed by atoms with van der Waals surface area (Å²) in [5.74, 6) is -1.34. The number of carbonyl (C=O) groups is 4. The molecule has 100 heavy (non-hydrogen) atoms.